The van der Waals surface area contributed by atoms with Crippen LogP contribution >= 0.6 is 0 Å². The highest BCUT2D eigenvalue weighted by atomic mass is 19.3. The highest BCUT2D eigenvalue weighted by Gasteiger charge is 2.41. The molecule has 1 heterocycles. The maximum absolute atomic E-state index is 12.6. The second-order valence-electron chi connectivity index (χ2n) is 3.96. The van der Waals surface area contributed by atoms with Crippen LogP contribution in [0.15, 0.2) is 11.8 Å². The van der Waals surface area contributed by atoms with E-state index < -0.39 is 25.0 Å². The first-order valence-electron chi connectivity index (χ1n) is 5.47. The molecule has 106 valence electrons. The molecule has 8 heteroatoms. The van der Waals surface area contributed by atoms with Gasteiger partial charge in [-0.2, -0.15) is 8.78 Å². The minimum atomic E-state index is -4.14. The molecule has 0 aliphatic carbocycles. The van der Waals surface area contributed by atoms with Gasteiger partial charge in [-0.15, -0.1) is 0 Å². The van der Waals surface area contributed by atoms with E-state index in [9.17, 15) is 17.6 Å². The quantitative estimate of drug-likeness (QED) is 0.418. The number of hydrogen-bond donors (Lipinski definition) is 2. The molecule has 0 radical (unpaired) electrons. The summed E-state index contributed by atoms with van der Waals surface area (Å²) in [6.07, 6.45) is -0.762. The fourth-order valence-corrected chi connectivity index (χ4v) is 1.48. The van der Waals surface area contributed by atoms with Crippen molar-refractivity contribution in [1.29, 1.82) is 0 Å². The molecule has 0 amide bonds. The van der Waals surface area contributed by atoms with E-state index in [2.05, 4.69) is 10.2 Å². The summed E-state index contributed by atoms with van der Waals surface area (Å²) < 4.78 is 58.6. The molecule has 0 aromatic heterocycles. The number of nitrogens with one attached hydrogen (secondary N) is 1. The molecule has 1 unspecified atom stereocenters. The van der Waals surface area contributed by atoms with Gasteiger partial charge in [0, 0.05) is 0 Å². The summed E-state index contributed by atoms with van der Waals surface area (Å²) in [7, 11) is 0. The number of hydrogen-bond acceptors (Lipinski definition) is 4. The van der Waals surface area contributed by atoms with Crippen molar-refractivity contribution in [2.45, 2.75) is 31.2 Å². The molecule has 3 N–H and O–H groups in total. The summed E-state index contributed by atoms with van der Waals surface area (Å²) in [5.74, 6) is 1.11. The van der Waals surface area contributed by atoms with Crippen LogP contribution in [-0.4, -0.2) is 38.2 Å². The van der Waals surface area contributed by atoms with E-state index in [-0.39, 0.29) is 6.61 Å². The Hall–Kier alpha value is -0.860. The van der Waals surface area contributed by atoms with Gasteiger partial charge in [-0.05, 0) is 18.4 Å². The SMILES string of the molecule is NNC(COCC(F)(F)C(F)F)C1=COCCC1. The number of rotatable bonds is 7. The van der Waals surface area contributed by atoms with Crippen LogP contribution in [0.4, 0.5) is 17.6 Å². The molecule has 0 spiro atoms. The van der Waals surface area contributed by atoms with Crippen LogP contribution < -0.4 is 11.3 Å². The second kappa shape index (κ2) is 6.91. The smallest absolute Gasteiger partial charge is 0.330 e. The minimum absolute atomic E-state index is 0.214. The van der Waals surface area contributed by atoms with Gasteiger partial charge in [0.2, 0.25) is 0 Å². The third kappa shape index (κ3) is 4.43. The van der Waals surface area contributed by atoms with Gasteiger partial charge in [-0.1, -0.05) is 0 Å². The fourth-order valence-electron chi connectivity index (χ4n) is 1.48. The van der Waals surface area contributed by atoms with Crippen LogP contribution in [0.2, 0.25) is 0 Å². The number of hydrazine groups is 1. The molecular formula is C10H16F4N2O2. The normalized spacial score (nSPS) is 18.4. The van der Waals surface area contributed by atoms with Crippen LogP contribution in [0, 0.1) is 0 Å². The summed E-state index contributed by atoms with van der Waals surface area (Å²) in [4.78, 5) is 0. The Balaban J connectivity index is 2.38. The van der Waals surface area contributed by atoms with Crippen molar-refractivity contribution in [3.8, 4) is 0 Å². The number of alkyl halides is 4. The molecule has 1 atom stereocenters. The highest BCUT2D eigenvalue weighted by molar-refractivity contribution is 5.09. The van der Waals surface area contributed by atoms with Crippen molar-refractivity contribution in [3.63, 3.8) is 0 Å². The average molecular weight is 272 g/mol. The predicted molar refractivity (Wildman–Crippen MR) is 56.2 cm³/mol. The van der Waals surface area contributed by atoms with Gasteiger partial charge in [0.25, 0.3) is 0 Å². The van der Waals surface area contributed by atoms with Crippen molar-refractivity contribution >= 4 is 0 Å². The molecule has 0 aromatic carbocycles. The molecule has 4 nitrogen and oxygen atoms in total. The first-order chi connectivity index (χ1) is 8.47. The number of ether oxygens (including phenoxy) is 2. The van der Waals surface area contributed by atoms with Crippen LogP contribution in [0.5, 0.6) is 0 Å². The van der Waals surface area contributed by atoms with Crippen LogP contribution in [0.1, 0.15) is 12.8 Å². The van der Waals surface area contributed by atoms with Crippen molar-refractivity contribution in [2.75, 3.05) is 19.8 Å². The lowest BCUT2D eigenvalue weighted by Crippen LogP contribution is -2.42. The Labute approximate surface area is 102 Å². The zero-order valence-corrected chi connectivity index (χ0v) is 9.67. The first kappa shape index (κ1) is 15.2. The van der Waals surface area contributed by atoms with Gasteiger partial charge >= 0.3 is 12.3 Å². The monoisotopic (exact) mass is 272 g/mol. The summed E-state index contributed by atoms with van der Waals surface area (Å²) in [5.41, 5.74) is 3.15. The minimum Gasteiger partial charge on any atom is -0.501 e. The van der Waals surface area contributed by atoms with E-state index in [0.29, 0.717) is 13.0 Å². The summed E-state index contributed by atoms with van der Waals surface area (Å²) in [5, 5.41) is 0. The molecule has 18 heavy (non-hydrogen) atoms. The van der Waals surface area contributed by atoms with Gasteiger partial charge in [-0.25, -0.2) is 8.78 Å². The van der Waals surface area contributed by atoms with Gasteiger partial charge in [0.05, 0.1) is 25.5 Å². The second-order valence-corrected chi connectivity index (χ2v) is 3.96. The molecule has 0 aromatic rings. The molecule has 0 bridgehead atoms. The maximum Gasteiger partial charge on any atom is 0.330 e. The van der Waals surface area contributed by atoms with E-state index >= 15 is 0 Å². The van der Waals surface area contributed by atoms with Crippen LogP contribution in [0.25, 0.3) is 0 Å². The summed E-state index contributed by atoms with van der Waals surface area (Å²) >= 11 is 0. The van der Waals surface area contributed by atoms with E-state index in [4.69, 9.17) is 10.6 Å². The topological polar surface area (TPSA) is 56.5 Å². The van der Waals surface area contributed by atoms with E-state index in [1.54, 1.807) is 0 Å². The standard InChI is InChI=1S/C10H16F4N2O2/c11-9(12)10(13,14)6-18-5-8(16-15)7-2-1-3-17-4-7/h4,8-9,16H,1-3,5-6,15H2. The Kier molecular flexibility index (Phi) is 5.83. The summed E-state index contributed by atoms with van der Waals surface area (Å²) in [6.45, 7) is -0.962. The predicted octanol–water partition coefficient (Wildman–Crippen LogP) is 1.43. The summed E-state index contributed by atoms with van der Waals surface area (Å²) in [6, 6.07) is -0.515. The molecule has 1 aliphatic rings. The molecule has 0 saturated heterocycles. The molecular weight excluding hydrogens is 256 g/mol. The average Bonchev–Trinajstić information content (AvgIpc) is 2.35. The van der Waals surface area contributed by atoms with Crippen molar-refractivity contribution < 1.29 is 27.0 Å². The molecule has 0 saturated carbocycles. The van der Waals surface area contributed by atoms with Gasteiger partial charge in [0.15, 0.2) is 0 Å². The van der Waals surface area contributed by atoms with Crippen molar-refractivity contribution in [3.05, 3.63) is 11.8 Å². The van der Waals surface area contributed by atoms with Gasteiger partial charge in [-0.3, -0.25) is 11.3 Å². The first-order valence-corrected chi connectivity index (χ1v) is 5.47. The Morgan fingerprint density at radius 2 is 2.22 bits per heavy atom. The van der Waals surface area contributed by atoms with E-state index in [1.807, 2.05) is 0 Å². The highest BCUT2D eigenvalue weighted by Crippen LogP contribution is 2.23. The third-order valence-corrected chi connectivity index (χ3v) is 2.51. The van der Waals surface area contributed by atoms with Crippen molar-refractivity contribution in [2.24, 2.45) is 5.84 Å². The molecule has 1 aliphatic heterocycles. The van der Waals surface area contributed by atoms with Gasteiger partial charge in [0.1, 0.15) is 6.61 Å². The Bertz CT molecular complexity index is 287. The lowest BCUT2D eigenvalue weighted by atomic mass is 10.0. The fraction of sp³-hybridized carbons (Fsp3) is 0.800. The van der Waals surface area contributed by atoms with E-state index in [1.165, 1.54) is 6.26 Å². The lowest BCUT2D eigenvalue weighted by molar-refractivity contribution is -0.166. The molecule has 0 fully saturated rings. The zero-order valence-electron chi connectivity index (χ0n) is 9.67. The maximum atomic E-state index is 12.6. The van der Waals surface area contributed by atoms with Crippen LogP contribution in [0.3, 0.4) is 0 Å². The largest absolute Gasteiger partial charge is 0.501 e. The zero-order chi connectivity index (χ0) is 13.6. The van der Waals surface area contributed by atoms with E-state index in [0.717, 1.165) is 12.0 Å². The molecule has 1 rings (SSSR count). The van der Waals surface area contributed by atoms with Gasteiger partial charge < -0.3 is 9.47 Å². The number of nitrogens with two attached hydrogens (primary N) is 1. The van der Waals surface area contributed by atoms with Crippen molar-refractivity contribution in [1.82, 2.24) is 5.43 Å². The number of halogens is 4. The van der Waals surface area contributed by atoms with Crippen LogP contribution in [-0.2, 0) is 9.47 Å². The third-order valence-electron chi connectivity index (χ3n) is 2.51. The Morgan fingerprint density at radius 3 is 2.72 bits per heavy atom. The lowest BCUT2D eigenvalue weighted by Gasteiger charge is -2.23. The Morgan fingerprint density at radius 1 is 1.50 bits per heavy atom.